The monoisotopic (exact) mass is 337 g/mol. The molecule has 3 aliphatic rings. The summed E-state index contributed by atoms with van der Waals surface area (Å²) in [7, 11) is 0. The molecule has 2 aliphatic heterocycles. The Morgan fingerprint density at radius 2 is 1.54 bits per heavy atom. The molecular weight excluding hydrogens is 306 g/mol. The van der Waals surface area contributed by atoms with Crippen molar-refractivity contribution in [3.05, 3.63) is 0 Å². The Morgan fingerprint density at radius 3 is 2.29 bits per heavy atom. The first-order valence-electron chi connectivity index (χ1n) is 9.66. The van der Waals surface area contributed by atoms with Crippen LogP contribution < -0.4 is 10.6 Å². The van der Waals surface area contributed by atoms with Crippen molar-refractivity contribution in [3.8, 4) is 0 Å². The van der Waals surface area contributed by atoms with Crippen LogP contribution in [-0.4, -0.2) is 55.2 Å². The van der Waals surface area contributed by atoms with E-state index in [-0.39, 0.29) is 23.9 Å². The molecule has 0 aromatic carbocycles. The number of hydrogen-bond donors (Lipinski definition) is 2. The quantitative estimate of drug-likeness (QED) is 0.828. The van der Waals surface area contributed by atoms with Crippen LogP contribution in [-0.2, 0) is 9.53 Å². The standard InChI is InChI=1S/C18H31N3O3/c22-17(19-15-6-2-1-3-7-15)14-5-4-10-21(13-14)18(23)20-16-8-11-24-12-9-16/h14-16H,1-13H2,(H,19,22)(H,20,23). The lowest BCUT2D eigenvalue weighted by Gasteiger charge is -2.35. The summed E-state index contributed by atoms with van der Waals surface area (Å²) in [5.41, 5.74) is 0. The molecule has 0 bridgehead atoms. The number of carbonyl (C=O) groups is 2. The molecule has 0 spiro atoms. The second kappa shape index (κ2) is 8.70. The van der Waals surface area contributed by atoms with Gasteiger partial charge in [0.2, 0.25) is 5.91 Å². The van der Waals surface area contributed by atoms with Crippen LogP contribution in [0, 0.1) is 5.92 Å². The number of hydrogen-bond acceptors (Lipinski definition) is 3. The number of piperidine rings is 1. The van der Waals surface area contributed by atoms with Crippen molar-refractivity contribution < 1.29 is 14.3 Å². The number of ether oxygens (including phenoxy) is 1. The van der Waals surface area contributed by atoms with Crippen LogP contribution in [0.1, 0.15) is 57.8 Å². The van der Waals surface area contributed by atoms with Gasteiger partial charge in [0, 0.05) is 38.4 Å². The smallest absolute Gasteiger partial charge is 0.317 e. The lowest BCUT2D eigenvalue weighted by atomic mass is 9.93. The van der Waals surface area contributed by atoms with Gasteiger partial charge in [-0.15, -0.1) is 0 Å². The van der Waals surface area contributed by atoms with E-state index in [4.69, 9.17) is 4.74 Å². The fraction of sp³-hybridized carbons (Fsp3) is 0.889. The molecule has 3 fully saturated rings. The van der Waals surface area contributed by atoms with Crippen LogP contribution >= 0.6 is 0 Å². The van der Waals surface area contributed by atoms with Crippen LogP contribution in [0.4, 0.5) is 4.79 Å². The third-order valence-corrected chi connectivity index (χ3v) is 5.58. The molecule has 1 atom stereocenters. The van der Waals surface area contributed by atoms with Crippen LogP contribution in [0.25, 0.3) is 0 Å². The maximum Gasteiger partial charge on any atom is 0.317 e. The predicted octanol–water partition coefficient (Wildman–Crippen LogP) is 2.04. The molecule has 0 aromatic heterocycles. The highest BCUT2D eigenvalue weighted by atomic mass is 16.5. The van der Waals surface area contributed by atoms with Crippen molar-refractivity contribution in [2.45, 2.75) is 69.9 Å². The summed E-state index contributed by atoms with van der Waals surface area (Å²) in [5, 5.41) is 6.32. The van der Waals surface area contributed by atoms with Gasteiger partial charge in [0.25, 0.3) is 0 Å². The zero-order valence-corrected chi connectivity index (χ0v) is 14.6. The molecule has 2 N–H and O–H groups in total. The summed E-state index contributed by atoms with van der Waals surface area (Å²) in [6, 6.07) is 0.539. The van der Waals surface area contributed by atoms with E-state index in [2.05, 4.69) is 10.6 Å². The molecular formula is C18H31N3O3. The topological polar surface area (TPSA) is 70.7 Å². The minimum Gasteiger partial charge on any atom is -0.381 e. The van der Waals surface area contributed by atoms with Crippen LogP contribution in [0.5, 0.6) is 0 Å². The third-order valence-electron chi connectivity index (χ3n) is 5.58. The SMILES string of the molecule is O=C(NC1CCCCC1)C1CCCN(C(=O)NC2CCOCC2)C1. The summed E-state index contributed by atoms with van der Waals surface area (Å²) in [6.45, 7) is 2.74. The molecule has 0 aromatic rings. The largest absolute Gasteiger partial charge is 0.381 e. The van der Waals surface area contributed by atoms with Gasteiger partial charge >= 0.3 is 6.03 Å². The number of carbonyl (C=O) groups excluding carboxylic acids is 2. The minimum atomic E-state index is -0.0545. The fourth-order valence-electron chi connectivity index (χ4n) is 4.05. The lowest BCUT2D eigenvalue weighted by molar-refractivity contribution is -0.127. The maximum atomic E-state index is 12.5. The van der Waals surface area contributed by atoms with Crippen molar-refractivity contribution in [3.63, 3.8) is 0 Å². The number of nitrogens with one attached hydrogen (secondary N) is 2. The van der Waals surface area contributed by atoms with Crippen molar-refractivity contribution in [2.75, 3.05) is 26.3 Å². The van der Waals surface area contributed by atoms with Gasteiger partial charge in [-0.3, -0.25) is 4.79 Å². The van der Waals surface area contributed by atoms with Crippen LogP contribution in [0.15, 0.2) is 0 Å². The van der Waals surface area contributed by atoms with Crippen molar-refractivity contribution in [1.82, 2.24) is 15.5 Å². The van der Waals surface area contributed by atoms with Gasteiger partial charge in [0.1, 0.15) is 0 Å². The molecule has 1 saturated carbocycles. The number of likely N-dealkylation sites (tertiary alicyclic amines) is 1. The van der Waals surface area contributed by atoms with Gasteiger partial charge in [-0.05, 0) is 38.5 Å². The first-order valence-corrected chi connectivity index (χ1v) is 9.66. The average Bonchev–Trinajstić information content (AvgIpc) is 2.63. The molecule has 2 heterocycles. The predicted molar refractivity (Wildman–Crippen MR) is 91.7 cm³/mol. The number of urea groups is 1. The van der Waals surface area contributed by atoms with E-state index in [1.165, 1.54) is 19.3 Å². The third kappa shape index (κ3) is 4.85. The summed E-state index contributed by atoms with van der Waals surface area (Å²) in [5.74, 6) is 0.0894. The molecule has 136 valence electrons. The Bertz CT molecular complexity index is 393. The Hall–Kier alpha value is -1.30. The van der Waals surface area contributed by atoms with Crippen LogP contribution in [0.3, 0.4) is 0 Å². The molecule has 1 aliphatic carbocycles. The first kappa shape index (κ1) is 17.5. The molecule has 24 heavy (non-hydrogen) atoms. The lowest BCUT2D eigenvalue weighted by Crippen LogP contribution is -2.52. The highest BCUT2D eigenvalue weighted by Crippen LogP contribution is 2.21. The molecule has 6 heteroatoms. The first-order chi connectivity index (χ1) is 11.7. The van der Waals surface area contributed by atoms with E-state index in [1.54, 1.807) is 0 Å². The number of amides is 3. The van der Waals surface area contributed by atoms with Crippen molar-refractivity contribution >= 4 is 11.9 Å². The second-order valence-electron chi connectivity index (χ2n) is 7.46. The highest BCUT2D eigenvalue weighted by molar-refractivity contribution is 5.81. The van der Waals surface area contributed by atoms with Crippen molar-refractivity contribution in [1.29, 1.82) is 0 Å². The van der Waals surface area contributed by atoms with E-state index in [0.717, 1.165) is 58.3 Å². The Labute approximate surface area is 144 Å². The molecule has 6 nitrogen and oxygen atoms in total. The van der Waals surface area contributed by atoms with Gasteiger partial charge in [-0.1, -0.05) is 19.3 Å². The van der Waals surface area contributed by atoms with Gasteiger partial charge in [-0.2, -0.15) is 0 Å². The average molecular weight is 337 g/mol. The van der Waals surface area contributed by atoms with Gasteiger partial charge in [0.15, 0.2) is 0 Å². The molecule has 3 rings (SSSR count). The van der Waals surface area contributed by atoms with Crippen LogP contribution in [0.2, 0.25) is 0 Å². The Kier molecular flexibility index (Phi) is 6.35. The molecule has 0 radical (unpaired) electrons. The van der Waals surface area contributed by atoms with E-state index < -0.39 is 0 Å². The number of nitrogens with zero attached hydrogens (tertiary/aromatic N) is 1. The van der Waals surface area contributed by atoms with E-state index >= 15 is 0 Å². The Morgan fingerprint density at radius 1 is 0.833 bits per heavy atom. The normalized spacial score (nSPS) is 26.8. The fourth-order valence-corrected chi connectivity index (χ4v) is 4.05. The van der Waals surface area contributed by atoms with E-state index in [1.807, 2.05) is 4.90 Å². The number of rotatable bonds is 3. The Balaban J connectivity index is 1.45. The minimum absolute atomic E-state index is 0.0166. The molecule has 3 amide bonds. The summed E-state index contributed by atoms with van der Waals surface area (Å²) in [6.07, 6.45) is 9.49. The van der Waals surface area contributed by atoms with Gasteiger partial charge in [-0.25, -0.2) is 4.79 Å². The molecule has 2 saturated heterocycles. The maximum absolute atomic E-state index is 12.5. The van der Waals surface area contributed by atoms with Gasteiger partial charge < -0.3 is 20.3 Å². The zero-order valence-electron chi connectivity index (χ0n) is 14.6. The molecule has 1 unspecified atom stereocenters. The van der Waals surface area contributed by atoms with E-state index in [0.29, 0.717) is 12.6 Å². The zero-order chi connectivity index (χ0) is 16.8. The summed E-state index contributed by atoms with van der Waals surface area (Å²) in [4.78, 5) is 26.8. The van der Waals surface area contributed by atoms with Crippen molar-refractivity contribution in [2.24, 2.45) is 5.92 Å². The second-order valence-corrected chi connectivity index (χ2v) is 7.46. The van der Waals surface area contributed by atoms with Gasteiger partial charge in [0.05, 0.1) is 5.92 Å². The summed E-state index contributed by atoms with van der Waals surface area (Å²) >= 11 is 0. The summed E-state index contributed by atoms with van der Waals surface area (Å²) < 4.78 is 5.33. The van der Waals surface area contributed by atoms with E-state index in [9.17, 15) is 9.59 Å². The highest BCUT2D eigenvalue weighted by Gasteiger charge is 2.30.